The van der Waals surface area contributed by atoms with Gasteiger partial charge in [-0.2, -0.15) is 0 Å². The molecule has 0 aromatic carbocycles. The topological polar surface area (TPSA) is 21.7 Å². The summed E-state index contributed by atoms with van der Waals surface area (Å²) in [7, 11) is 0. The Balaban J connectivity index is 1.65. The van der Waals surface area contributed by atoms with Crippen LogP contribution >= 0.6 is 0 Å². The number of pyridine rings is 3. The monoisotopic (exact) mass is 337 g/mol. The van der Waals surface area contributed by atoms with Gasteiger partial charge in [-0.15, -0.1) is 0 Å². The van der Waals surface area contributed by atoms with E-state index in [-0.39, 0.29) is 0 Å². The molecule has 5 aromatic heterocycles. The second-order valence-electron chi connectivity index (χ2n) is 6.78. The number of hydrogen-bond donors (Lipinski definition) is 0. The van der Waals surface area contributed by atoms with Crippen molar-refractivity contribution >= 4 is 11.0 Å². The number of fused-ring (bicyclic) bond motifs is 2. The van der Waals surface area contributed by atoms with Crippen LogP contribution < -0.4 is 0 Å². The zero-order valence-electron chi connectivity index (χ0n) is 14.8. The molecule has 3 heteroatoms. The fraction of sp³-hybridized carbons (Fsp3) is 0.0870. The predicted octanol–water partition coefficient (Wildman–Crippen LogP) is 5.54. The molecule has 26 heavy (non-hydrogen) atoms. The van der Waals surface area contributed by atoms with Crippen LogP contribution in [-0.4, -0.2) is 13.8 Å². The number of rotatable bonds is 2. The van der Waals surface area contributed by atoms with Gasteiger partial charge in [0.25, 0.3) is 0 Å². The van der Waals surface area contributed by atoms with E-state index in [1.54, 1.807) is 0 Å². The summed E-state index contributed by atoms with van der Waals surface area (Å²) in [6.07, 6.45) is 6.19. The van der Waals surface area contributed by atoms with E-state index in [0.717, 1.165) is 17.0 Å². The first kappa shape index (κ1) is 15.0. The highest BCUT2D eigenvalue weighted by molar-refractivity contribution is 5.74. The molecule has 0 saturated carbocycles. The van der Waals surface area contributed by atoms with Gasteiger partial charge in [0.2, 0.25) is 0 Å². The molecule has 0 radical (unpaired) electrons. The van der Waals surface area contributed by atoms with Crippen LogP contribution in [0.5, 0.6) is 0 Å². The normalized spacial score (nSPS) is 11.5. The molecule has 5 rings (SSSR count). The average Bonchev–Trinajstić information content (AvgIpc) is 3.17. The molecule has 0 unspecified atom stereocenters. The average molecular weight is 337 g/mol. The van der Waals surface area contributed by atoms with Crippen molar-refractivity contribution in [2.24, 2.45) is 0 Å². The molecule has 0 fully saturated rings. The molecule has 126 valence electrons. The smallest absolute Gasteiger partial charge is 0.0873 e. The Kier molecular flexibility index (Phi) is 3.22. The van der Waals surface area contributed by atoms with E-state index in [9.17, 15) is 0 Å². The Hall–Kier alpha value is -3.33. The fourth-order valence-electron chi connectivity index (χ4n) is 3.88. The predicted molar refractivity (Wildman–Crippen MR) is 106 cm³/mol. The minimum atomic E-state index is 0.996. The van der Waals surface area contributed by atoms with Crippen LogP contribution in [0.25, 0.3) is 33.7 Å². The van der Waals surface area contributed by atoms with E-state index in [1.807, 2.05) is 6.20 Å². The van der Waals surface area contributed by atoms with Gasteiger partial charge in [0.15, 0.2) is 0 Å². The molecule has 0 bridgehead atoms. The molecule has 0 atom stereocenters. The van der Waals surface area contributed by atoms with Crippen LogP contribution in [0.15, 0.2) is 79.3 Å². The van der Waals surface area contributed by atoms with Crippen LogP contribution in [0.1, 0.15) is 11.1 Å². The first-order valence-electron chi connectivity index (χ1n) is 8.82. The van der Waals surface area contributed by atoms with E-state index in [0.29, 0.717) is 0 Å². The van der Waals surface area contributed by atoms with Gasteiger partial charge in [0.1, 0.15) is 0 Å². The highest BCUT2D eigenvalue weighted by Crippen LogP contribution is 2.30. The fourth-order valence-corrected chi connectivity index (χ4v) is 3.88. The Labute approximate surface area is 152 Å². The molecule has 0 aliphatic rings. The van der Waals surface area contributed by atoms with Crippen LogP contribution in [0.2, 0.25) is 0 Å². The van der Waals surface area contributed by atoms with Crippen LogP contribution in [0.4, 0.5) is 0 Å². The summed E-state index contributed by atoms with van der Waals surface area (Å²) in [4.78, 5) is 4.80. The standard InChI is InChI=1S/C23H19N3/c1-16-13-19-7-3-5-11-25(19)22(16)18-9-10-21(24-15-18)23-17(2)14-20-8-4-6-12-26(20)23/h3-15H,1-2H3. The van der Waals surface area contributed by atoms with Gasteiger partial charge in [-0.1, -0.05) is 12.1 Å². The third-order valence-electron chi connectivity index (χ3n) is 5.02. The number of aromatic nitrogens is 3. The molecule has 5 aromatic rings. The lowest BCUT2D eigenvalue weighted by molar-refractivity contribution is 1.15. The zero-order chi connectivity index (χ0) is 17.7. The summed E-state index contributed by atoms with van der Waals surface area (Å²) < 4.78 is 4.43. The molecule has 0 aliphatic heterocycles. The van der Waals surface area contributed by atoms with Crippen molar-refractivity contribution in [1.82, 2.24) is 13.8 Å². The molecule has 0 N–H and O–H groups in total. The second-order valence-corrected chi connectivity index (χ2v) is 6.78. The van der Waals surface area contributed by atoms with Crippen molar-refractivity contribution in [3.05, 3.63) is 90.4 Å². The van der Waals surface area contributed by atoms with Crippen LogP contribution in [-0.2, 0) is 0 Å². The molecule has 3 nitrogen and oxygen atoms in total. The van der Waals surface area contributed by atoms with E-state index in [4.69, 9.17) is 4.98 Å². The van der Waals surface area contributed by atoms with Crippen molar-refractivity contribution < 1.29 is 0 Å². The second kappa shape index (κ2) is 5.60. The minimum Gasteiger partial charge on any atom is -0.316 e. The van der Waals surface area contributed by atoms with E-state index in [1.165, 1.54) is 27.9 Å². The summed E-state index contributed by atoms with van der Waals surface area (Å²) in [6.45, 7) is 4.30. The van der Waals surface area contributed by atoms with Gasteiger partial charge in [-0.3, -0.25) is 4.98 Å². The maximum atomic E-state index is 4.80. The van der Waals surface area contributed by atoms with Crippen molar-refractivity contribution in [1.29, 1.82) is 0 Å². The van der Waals surface area contributed by atoms with Crippen molar-refractivity contribution in [2.45, 2.75) is 13.8 Å². The first-order valence-corrected chi connectivity index (χ1v) is 8.82. The molecule has 0 saturated heterocycles. The molecular formula is C23H19N3. The summed E-state index contributed by atoms with van der Waals surface area (Å²) in [5.41, 5.74) is 9.39. The van der Waals surface area contributed by atoms with Gasteiger partial charge in [0, 0.05) is 35.2 Å². The SMILES string of the molecule is Cc1cc2ccccn2c1-c1ccc(-c2c(C)cc3ccccn23)nc1. The van der Waals surface area contributed by atoms with Gasteiger partial charge >= 0.3 is 0 Å². The van der Waals surface area contributed by atoms with Gasteiger partial charge in [-0.05, 0) is 73.5 Å². The molecular weight excluding hydrogens is 318 g/mol. The van der Waals surface area contributed by atoms with Gasteiger partial charge in [0.05, 0.1) is 17.1 Å². The van der Waals surface area contributed by atoms with E-state index < -0.39 is 0 Å². The number of aryl methyl sites for hydroxylation is 2. The Bertz CT molecular complexity index is 1140. The molecule has 0 spiro atoms. The van der Waals surface area contributed by atoms with Crippen LogP contribution in [0.3, 0.4) is 0 Å². The summed E-state index contributed by atoms with van der Waals surface area (Å²) >= 11 is 0. The molecule has 0 aliphatic carbocycles. The third kappa shape index (κ3) is 2.17. The van der Waals surface area contributed by atoms with Crippen molar-refractivity contribution in [2.75, 3.05) is 0 Å². The third-order valence-corrected chi connectivity index (χ3v) is 5.02. The highest BCUT2D eigenvalue weighted by atomic mass is 14.9. The van der Waals surface area contributed by atoms with Gasteiger partial charge < -0.3 is 8.80 Å². The van der Waals surface area contributed by atoms with Crippen LogP contribution in [0, 0.1) is 13.8 Å². The Morgan fingerprint density at radius 1 is 0.692 bits per heavy atom. The van der Waals surface area contributed by atoms with E-state index >= 15 is 0 Å². The number of hydrogen-bond acceptors (Lipinski definition) is 1. The highest BCUT2D eigenvalue weighted by Gasteiger charge is 2.13. The maximum absolute atomic E-state index is 4.80. The van der Waals surface area contributed by atoms with E-state index in [2.05, 4.69) is 95.7 Å². The van der Waals surface area contributed by atoms with Gasteiger partial charge in [-0.25, -0.2) is 0 Å². The summed E-state index contributed by atoms with van der Waals surface area (Å²) in [5, 5.41) is 0. The molecule has 5 heterocycles. The largest absolute Gasteiger partial charge is 0.316 e. The lowest BCUT2D eigenvalue weighted by Crippen LogP contribution is -1.93. The molecule has 0 amide bonds. The maximum Gasteiger partial charge on any atom is 0.0873 e. The quantitative estimate of drug-likeness (QED) is 0.414. The summed E-state index contributed by atoms with van der Waals surface area (Å²) in [5.74, 6) is 0. The van der Waals surface area contributed by atoms with Crippen molar-refractivity contribution in [3.8, 4) is 22.6 Å². The minimum absolute atomic E-state index is 0.996. The Morgan fingerprint density at radius 2 is 1.31 bits per heavy atom. The zero-order valence-corrected chi connectivity index (χ0v) is 14.8. The lowest BCUT2D eigenvalue weighted by atomic mass is 10.1. The first-order chi connectivity index (χ1) is 12.7. The van der Waals surface area contributed by atoms with Crippen molar-refractivity contribution in [3.63, 3.8) is 0 Å². The lowest BCUT2D eigenvalue weighted by Gasteiger charge is -2.08. The summed E-state index contributed by atoms with van der Waals surface area (Å²) in [6, 6.07) is 21.2. The Morgan fingerprint density at radius 3 is 1.92 bits per heavy atom. The number of nitrogens with zero attached hydrogens (tertiary/aromatic N) is 3.